The fraction of sp³-hybridized carbons (Fsp3) is 0.0820. The molecule has 0 bridgehead atoms. The van der Waals surface area contributed by atoms with Crippen LogP contribution in [0.4, 0.5) is 0 Å². The fourth-order valence-corrected chi connectivity index (χ4v) is 11.4. The van der Waals surface area contributed by atoms with Crippen molar-refractivity contribution < 1.29 is 0 Å². The number of allylic oxidation sites excluding steroid dienone is 8. The summed E-state index contributed by atoms with van der Waals surface area (Å²) in [6.07, 6.45) is 15.9. The van der Waals surface area contributed by atoms with Crippen LogP contribution in [0.2, 0.25) is 0 Å². The highest BCUT2D eigenvalue weighted by Gasteiger charge is 2.46. The van der Waals surface area contributed by atoms with E-state index in [2.05, 4.69) is 228 Å². The lowest BCUT2D eigenvalue weighted by atomic mass is 9.67. The molecule has 2 nitrogen and oxygen atoms in total. The van der Waals surface area contributed by atoms with E-state index in [0.717, 1.165) is 25.7 Å². The van der Waals surface area contributed by atoms with Crippen molar-refractivity contribution in [3.05, 3.63) is 252 Å². The molecule has 63 heavy (non-hydrogen) atoms. The van der Waals surface area contributed by atoms with Gasteiger partial charge in [-0.05, 0) is 142 Å². The van der Waals surface area contributed by atoms with Gasteiger partial charge in [0.2, 0.25) is 0 Å². The third-order valence-corrected chi connectivity index (χ3v) is 14.2. The average molecular weight is 805 g/mol. The van der Waals surface area contributed by atoms with Crippen LogP contribution in [0.1, 0.15) is 47.9 Å². The molecule has 2 heteroatoms. The summed E-state index contributed by atoms with van der Waals surface area (Å²) in [5.74, 6) is 0. The molecule has 2 heterocycles. The van der Waals surface area contributed by atoms with Gasteiger partial charge in [0.25, 0.3) is 0 Å². The van der Waals surface area contributed by atoms with E-state index in [1.54, 1.807) is 0 Å². The Labute approximate surface area is 367 Å². The Balaban J connectivity index is 1.05. The van der Waals surface area contributed by atoms with Crippen LogP contribution in [-0.4, -0.2) is 9.13 Å². The predicted octanol–water partition coefficient (Wildman–Crippen LogP) is 15.8. The van der Waals surface area contributed by atoms with Crippen molar-refractivity contribution in [2.24, 2.45) is 0 Å². The fourth-order valence-electron chi connectivity index (χ4n) is 11.4. The van der Waals surface area contributed by atoms with Crippen molar-refractivity contribution in [2.45, 2.75) is 31.1 Å². The van der Waals surface area contributed by atoms with E-state index in [-0.39, 0.29) is 0 Å². The van der Waals surface area contributed by atoms with Gasteiger partial charge in [-0.15, -0.1) is 0 Å². The molecule has 2 aromatic heterocycles. The first-order chi connectivity index (χ1) is 31.3. The van der Waals surface area contributed by atoms with E-state index in [4.69, 9.17) is 0 Å². The second kappa shape index (κ2) is 14.2. The summed E-state index contributed by atoms with van der Waals surface area (Å²) in [5.41, 5.74) is 20.2. The molecule has 0 aliphatic heterocycles. The highest BCUT2D eigenvalue weighted by molar-refractivity contribution is 6.13. The molecule has 0 unspecified atom stereocenters. The van der Waals surface area contributed by atoms with Crippen LogP contribution in [0.25, 0.3) is 77.2 Å². The number of benzene rings is 8. The van der Waals surface area contributed by atoms with Gasteiger partial charge in [0.1, 0.15) is 0 Å². The molecule has 3 aliphatic carbocycles. The molecule has 0 amide bonds. The van der Waals surface area contributed by atoms with Gasteiger partial charge in [0.05, 0.1) is 27.5 Å². The van der Waals surface area contributed by atoms with E-state index in [1.807, 2.05) is 0 Å². The van der Waals surface area contributed by atoms with Gasteiger partial charge in [-0.3, -0.25) is 0 Å². The van der Waals surface area contributed by atoms with Gasteiger partial charge in [0, 0.05) is 32.9 Å². The number of aromatic nitrogens is 2. The Morgan fingerprint density at radius 3 is 1.63 bits per heavy atom. The third-order valence-electron chi connectivity index (χ3n) is 14.2. The van der Waals surface area contributed by atoms with Gasteiger partial charge in [-0.25, -0.2) is 0 Å². The highest BCUT2D eigenvalue weighted by Crippen LogP contribution is 2.56. The molecule has 0 atom stereocenters. The summed E-state index contributed by atoms with van der Waals surface area (Å²) < 4.78 is 4.96. The van der Waals surface area contributed by atoms with Gasteiger partial charge < -0.3 is 9.13 Å². The molecule has 8 aromatic carbocycles. The number of hydrogen-bond donors (Lipinski definition) is 0. The first-order valence-electron chi connectivity index (χ1n) is 22.4. The Kier molecular flexibility index (Phi) is 8.11. The smallest absolute Gasteiger partial charge is 0.0713 e. The lowest BCUT2D eigenvalue weighted by molar-refractivity contribution is 0.770. The van der Waals surface area contributed by atoms with Crippen LogP contribution in [0, 0.1) is 0 Å². The first kappa shape index (κ1) is 36.0. The monoisotopic (exact) mass is 804 g/mol. The molecule has 298 valence electrons. The maximum absolute atomic E-state index is 2.56. The minimum absolute atomic E-state index is 0.476. The Bertz CT molecular complexity index is 3560. The van der Waals surface area contributed by atoms with Crippen LogP contribution in [0.5, 0.6) is 0 Å². The molecule has 0 radical (unpaired) electrons. The minimum Gasteiger partial charge on any atom is -0.313 e. The van der Waals surface area contributed by atoms with Crippen LogP contribution in [0.15, 0.2) is 230 Å². The topological polar surface area (TPSA) is 9.86 Å². The Morgan fingerprint density at radius 1 is 0.381 bits per heavy atom. The normalized spacial score (nSPS) is 15.4. The van der Waals surface area contributed by atoms with E-state index < -0.39 is 5.41 Å². The largest absolute Gasteiger partial charge is 0.313 e. The molecule has 3 aliphatic rings. The van der Waals surface area contributed by atoms with Crippen molar-refractivity contribution in [1.29, 1.82) is 0 Å². The average Bonchev–Trinajstić information content (AvgIpc) is 3.98. The van der Waals surface area contributed by atoms with Crippen LogP contribution in [-0.2, 0) is 5.41 Å². The van der Waals surface area contributed by atoms with Gasteiger partial charge in [-0.2, -0.15) is 0 Å². The molecule has 0 saturated heterocycles. The Hall–Kier alpha value is -7.68. The van der Waals surface area contributed by atoms with Gasteiger partial charge in [0.15, 0.2) is 0 Å². The zero-order chi connectivity index (χ0) is 41.5. The molecule has 0 N–H and O–H groups in total. The number of fused-ring (bicyclic) bond motifs is 9. The van der Waals surface area contributed by atoms with Crippen molar-refractivity contribution in [3.8, 4) is 27.9 Å². The summed E-state index contributed by atoms with van der Waals surface area (Å²) in [7, 11) is 0. The predicted molar refractivity (Wildman–Crippen MR) is 265 cm³/mol. The third kappa shape index (κ3) is 5.38. The van der Waals surface area contributed by atoms with Crippen molar-refractivity contribution in [3.63, 3.8) is 0 Å². The summed E-state index contributed by atoms with van der Waals surface area (Å²) in [6.45, 7) is 0. The first-order valence-corrected chi connectivity index (χ1v) is 22.4. The SMILES string of the molecule is C1=CCCC(C2=CC=C(n3c4ccc(-c5ccc6c(c5)c5ccccc5n6-c5ccccc5)cc4c4cc(C5(c6ccccc6)c6ccccc6-c6ccccc65)ccc43)CC2)=C1. The van der Waals surface area contributed by atoms with Gasteiger partial charge >= 0.3 is 0 Å². The van der Waals surface area contributed by atoms with Crippen LogP contribution >= 0.6 is 0 Å². The lowest BCUT2D eigenvalue weighted by Crippen LogP contribution is -2.28. The summed E-state index contributed by atoms with van der Waals surface area (Å²) in [6, 6.07) is 70.4. The van der Waals surface area contributed by atoms with E-state index in [0.29, 0.717) is 0 Å². The maximum Gasteiger partial charge on any atom is 0.0713 e. The van der Waals surface area contributed by atoms with Crippen molar-refractivity contribution in [1.82, 2.24) is 9.13 Å². The van der Waals surface area contributed by atoms with Crippen molar-refractivity contribution >= 4 is 49.3 Å². The summed E-state index contributed by atoms with van der Waals surface area (Å²) in [5, 5.41) is 5.08. The highest BCUT2D eigenvalue weighted by atomic mass is 15.0. The van der Waals surface area contributed by atoms with Crippen LogP contribution < -0.4 is 0 Å². The van der Waals surface area contributed by atoms with Crippen LogP contribution in [0.3, 0.4) is 0 Å². The summed E-state index contributed by atoms with van der Waals surface area (Å²) >= 11 is 0. The second-order valence-corrected chi connectivity index (χ2v) is 17.4. The zero-order valence-electron chi connectivity index (χ0n) is 35.0. The summed E-state index contributed by atoms with van der Waals surface area (Å²) in [4.78, 5) is 0. The maximum atomic E-state index is 2.56. The molecule has 0 spiro atoms. The number of hydrogen-bond acceptors (Lipinski definition) is 0. The molecule has 0 fully saturated rings. The molecule has 13 rings (SSSR count). The molecular formula is C61H44N2. The minimum atomic E-state index is -0.476. The van der Waals surface area contributed by atoms with E-state index in [9.17, 15) is 0 Å². The molecular weight excluding hydrogens is 761 g/mol. The van der Waals surface area contributed by atoms with E-state index >= 15 is 0 Å². The van der Waals surface area contributed by atoms with Gasteiger partial charge in [-0.1, -0.05) is 158 Å². The van der Waals surface area contributed by atoms with Crippen molar-refractivity contribution in [2.75, 3.05) is 0 Å². The standard InChI is InChI=1S/C61H44N2/c1-4-16-41(17-5-1)42-28-33-48(34-29-42)63-59-36-31-44(43-30-35-58-52(38-43)51-24-12-15-27-57(51)62(58)47-20-8-3-9-21-47)39-53(59)54-40-46(32-37-60(54)63)61(45-18-6-2-7-19-45)55-25-13-10-22-49(55)50-23-11-14-26-56(50)61/h1-4,6-16,18-28,30-33,35-40H,5,17,29,34H2. The quantitative estimate of drug-likeness (QED) is 0.158. The number of nitrogens with zero attached hydrogens (tertiary/aromatic N) is 2. The number of para-hydroxylation sites is 2. The molecule has 0 saturated carbocycles. The second-order valence-electron chi connectivity index (χ2n) is 17.4. The zero-order valence-corrected chi connectivity index (χ0v) is 35.0. The van der Waals surface area contributed by atoms with E-state index in [1.165, 1.54) is 111 Å². The molecule has 10 aromatic rings. The lowest BCUT2D eigenvalue weighted by Gasteiger charge is -2.34. The number of rotatable bonds is 6. The Morgan fingerprint density at radius 2 is 0.952 bits per heavy atom.